The number of benzene rings is 1. The minimum atomic E-state index is -3.91. The normalized spacial score (nSPS) is 11.7. The predicted molar refractivity (Wildman–Crippen MR) is 105 cm³/mol. The molecule has 0 aliphatic carbocycles. The van der Waals surface area contributed by atoms with Crippen LogP contribution in [0, 0.1) is 20.8 Å². The molecule has 0 spiro atoms. The van der Waals surface area contributed by atoms with Gasteiger partial charge in [-0.05, 0) is 49.6 Å². The highest BCUT2D eigenvalue weighted by molar-refractivity contribution is 7.85. The van der Waals surface area contributed by atoms with Crippen LogP contribution in [0.4, 0.5) is 0 Å². The Hall–Kier alpha value is -2.44. The summed E-state index contributed by atoms with van der Waals surface area (Å²) in [5.74, 6) is 1.43. The van der Waals surface area contributed by atoms with Gasteiger partial charge in [-0.1, -0.05) is 12.1 Å². The molecule has 0 amide bonds. The predicted octanol–water partition coefficient (Wildman–Crippen LogP) is 4.10. The van der Waals surface area contributed by atoms with Crippen molar-refractivity contribution in [3.05, 3.63) is 65.5 Å². The van der Waals surface area contributed by atoms with Crippen molar-refractivity contribution in [2.45, 2.75) is 33.7 Å². The maximum Gasteiger partial charge on any atom is 0.265 e. The number of aryl methyl sites for hydroxylation is 4. The van der Waals surface area contributed by atoms with Gasteiger partial charge in [-0.25, -0.2) is 4.57 Å². The molecule has 2 heterocycles. The lowest BCUT2D eigenvalue weighted by molar-refractivity contribution is -0.696. The lowest BCUT2D eigenvalue weighted by Gasteiger charge is -2.04. The Kier molecular flexibility index (Phi) is 5.48. The van der Waals surface area contributed by atoms with Gasteiger partial charge in [0.1, 0.15) is 18.1 Å². The Bertz CT molecular complexity index is 1050. The van der Waals surface area contributed by atoms with Crippen LogP contribution >= 0.6 is 0 Å². The maximum absolute atomic E-state index is 10.8. The third-order valence-electron chi connectivity index (χ3n) is 4.68. The Balaban J connectivity index is 1.78. The van der Waals surface area contributed by atoms with E-state index in [1.54, 1.807) is 0 Å². The molecule has 27 heavy (non-hydrogen) atoms. The summed E-state index contributed by atoms with van der Waals surface area (Å²) < 4.78 is 38.4. The quantitative estimate of drug-likeness (QED) is 0.511. The summed E-state index contributed by atoms with van der Waals surface area (Å²) in [5.41, 5.74) is 5.59. The van der Waals surface area contributed by atoms with Gasteiger partial charge in [-0.15, -0.1) is 0 Å². The molecule has 3 rings (SSSR count). The Morgan fingerprint density at radius 2 is 1.63 bits per heavy atom. The summed E-state index contributed by atoms with van der Waals surface area (Å²) in [5, 5.41) is 0. The third kappa shape index (κ3) is 4.84. The number of furan rings is 1. The molecule has 0 radical (unpaired) electrons. The van der Waals surface area contributed by atoms with Crippen molar-refractivity contribution < 1.29 is 22.0 Å². The van der Waals surface area contributed by atoms with Crippen LogP contribution in [0.15, 0.2) is 53.2 Å². The largest absolute Gasteiger partial charge is 0.456 e. The zero-order valence-electron chi connectivity index (χ0n) is 15.8. The molecule has 0 saturated heterocycles. The molecule has 1 aromatic carbocycles. The van der Waals surface area contributed by atoms with E-state index in [4.69, 9.17) is 8.97 Å². The van der Waals surface area contributed by atoms with Crippen LogP contribution in [0.25, 0.3) is 22.6 Å². The average molecular weight is 386 g/mol. The van der Waals surface area contributed by atoms with Gasteiger partial charge in [0, 0.05) is 29.7 Å². The van der Waals surface area contributed by atoms with E-state index in [-0.39, 0.29) is 5.75 Å². The summed E-state index contributed by atoms with van der Waals surface area (Å²) >= 11 is 0. The molecule has 0 saturated carbocycles. The molecule has 142 valence electrons. The van der Waals surface area contributed by atoms with E-state index < -0.39 is 10.1 Å². The molecular weight excluding hydrogens is 362 g/mol. The monoisotopic (exact) mass is 386 g/mol. The smallest absolute Gasteiger partial charge is 0.265 e. The second-order valence-corrected chi connectivity index (χ2v) is 8.46. The first-order valence-corrected chi connectivity index (χ1v) is 10.5. The highest BCUT2D eigenvalue weighted by atomic mass is 32.2. The van der Waals surface area contributed by atoms with Crippen LogP contribution < -0.4 is 4.57 Å². The number of aromatic nitrogens is 1. The van der Waals surface area contributed by atoms with Gasteiger partial charge in [-0.3, -0.25) is 4.55 Å². The van der Waals surface area contributed by atoms with Crippen LogP contribution in [-0.2, 0) is 16.7 Å². The number of pyridine rings is 1. The Labute approximate surface area is 160 Å². The van der Waals surface area contributed by atoms with Crippen molar-refractivity contribution in [1.82, 2.24) is 0 Å². The second-order valence-electron chi connectivity index (χ2n) is 6.89. The number of nitrogens with zero attached hydrogens (tertiary/aromatic N) is 1. The van der Waals surface area contributed by atoms with Gasteiger partial charge in [-0.2, -0.15) is 8.42 Å². The van der Waals surface area contributed by atoms with Crippen molar-refractivity contribution in [1.29, 1.82) is 0 Å². The van der Waals surface area contributed by atoms with E-state index >= 15 is 0 Å². The minimum Gasteiger partial charge on any atom is -0.456 e. The first-order valence-electron chi connectivity index (χ1n) is 8.85. The summed E-state index contributed by atoms with van der Waals surface area (Å²) in [7, 11) is -3.91. The van der Waals surface area contributed by atoms with E-state index in [0.29, 0.717) is 13.0 Å². The highest BCUT2D eigenvalue weighted by Gasteiger charge is 2.13. The number of rotatable bonds is 6. The first-order chi connectivity index (χ1) is 12.7. The molecular formula is C21H24NO4S+. The molecule has 0 bridgehead atoms. The van der Waals surface area contributed by atoms with E-state index in [1.165, 1.54) is 11.1 Å². The Morgan fingerprint density at radius 1 is 0.926 bits per heavy atom. The fraction of sp³-hybridized carbons (Fsp3) is 0.286. The number of hydrogen-bond donors (Lipinski definition) is 1. The molecule has 5 nitrogen and oxygen atoms in total. The zero-order valence-corrected chi connectivity index (χ0v) is 16.6. The van der Waals surface area contributed by atoms with Crippen molar-refractivity contribution in [2.24, 2.45) is 0 Å². The first kappa shape index (κ1) is 19.3. The van der Waals surface area contributed by atoms with Gasteiger partial charge in [0.15, 0.2) is 12.4 Å². The lowest BCUT2D eigenvalue weighted by atomic mass is 10.0. The van der Waals surface area contributed by atoms with Crippen LogP contribution in [0.5, 0.6) is 0 Å². The molecule has 0 aliphatic heterocycles. The molecule has 2 aromatic heterocycles. The van der Waals surface area contributed by atoms with Crippen LogP contribution in [0.3, 0.4) is 0 Å². The van der Waals surface area contributed by atoms with Gasteiger partial charge < -0.3 is 4.42 Å². The fourth-order valence-corrected chi connectivity index (χ4v) is 3.49. The van der Waals surface area contributed by atoms with Crippen molar-refractivity contribution in [2.75, 3.05) is 5.75 Å². The van der Waals surface area contributed by atoms with Gasteiger partial charge in [0.25, 0.3) is 10.1 Å². The van der Waals surface area contributed by atoms with Crippen molar-refractivity contribution >= 4 is 10.1 Å². The summed E-state index contributed by atoms with van der Waals surface area (Å²) in [6, 6.07) is 12.2. The fourth-order valence-electron chi connectivity index (χ4n) is 2.99. The van der Waals surface area contributed by atoms with Gasteiger partial charge >= 0.3 is 0 Å². The van der Waals surface area contributed by atoms with E-state index in [0.717, 1.165) is 28.2 Å². The SMILES string of the molecule is Cc1ccc(-c2oc(-c3cc[n+](CCCS(=O)(=O)O)cc3)cc2C)cc1C. The third-order valence-corrected chi connectivity index (χ3v) is 5.49. The van der Waals surface area contributed by atoms with Crippen LogP contribution in [-0.4, -0.2) is 18.7 Å². The molecule has 0 fully saturated rings. The van der Waals surface area contributed by atoms with Gasteiger partial charge in [0.05, 0.1) is 5.75 Å². The highest BCUT2D eigenvalue weighted by Crippen LogP contribution is 2.32. The topological polar surface area (TPSA) is 71.4 Å². The second kappa shape index (κ2) is 7.66. The molecule has 0 aliphatic rings. The molecule has 0 unspecified atom stereocenters. The molecule has 3 aromatic rings. The van der Waals surface area contributed by atoms with E-state index in [1.807, 2.05) is 42.1 Å². The summed E-state index contributed by atoms with van der Waals surface area (Å²) in [6.45, 7) is 6.74. The minimum absolute atomic E-state index is 0.238. The van der Waals surface area contributed by atoms with E-state index in [2.05, 4.69) is 32.0 Å². The molecule has 6 heteroatoms. The van der Waals surface area contributed by atoms with E-state index in [9.17, 15) is 8.42 Å². The summed E-state index contributed by atoms with van der Waals surface area (Å²) in [6.07, 6.45) is 4.12. The summed E-state index contributed by atoms with van der Waals surface area (Å²) in [4.78, 5) is 0. The molecule has 0 atom stereocenters. The maximum atomic E-state index is 10.8. The zero-order chi connectivity index (χ0) is 19.6. The Morgan fingerprint density at radius 3 is 2.26 bits per heavy atom. The van der Waals surface area contributed by atoms with Crippen molar-refractivity contribution in [3.8, 4) is 22.6 Å². The van der Waals surface area contributed by atoms with Crippen LogP contribution in [0.1, 0.15) is 23.1 Å². The van der Waals surface area contributed by atoms with Gasteiger partial charge in [0.2, 0.25) is 0 Å². The van der Waals surface area contributed by atoms with Crippen molar-refractivity contribution in [3.63, 3.8) is 0 Å². The van der Waals surface area contributed by atoms with Crippen LogP contribution in [0.2, 0.25) is 0 Å². The molecule has 1 N–H and O–H groups in total. The standard InChI is InChI=1S/C21H23NO4S/c1-15-5-6-19(13-16(15)2)21-17(3)14-20(26-21)18-7-10-22(11-8-18)9-4-12-27(23,24)25/h5-8,10-11,13-14H,4,9,12H2,1-3H3/p+1. The lowest BCUT2D eigenvalue weighted by Crippen LogP contribution is -2.33. The average Bonchev–Trinajstić information content (AvgIpc) is 2.99. The number of hydrogen-bond acceptors (Lipinski definition) is 3.